The third-order valence-electron chi connectivity index (χ3n) is 5.07. The lowest BCUT2D eigenvalue weighted by molar-refractivity contribution is 0.0950. The maximum atomic E-state index is 12.5. The van der Waals surface area contributed by atoms with Crippen LogP contribution >= 0.6 is 0 Å². The number of furan rings is 1. The minimum absolute atomic E-state index is 0.216. The first kappa shape index (κ1) is 22.7. The molecule has 34 heavy (non-hydrogen) atoms. The Labute approximate surface area is 197 Å². The summed E-state index contributed by atoms with van der Waals surface area (Å²) in [5.74, 6) is 0.862. The Morgan fingerprint density at radius 1 is 0.824 bits per heavy atom. The second kappa shape index (κ2) is 10.9. The highest BCUT2D eigenvalue weighted by atomic mass is 16.5. The summed E-state index contributed by atoms with van der Waals surface area (Å²) in [6, 6.07) is 25.3. The summed E-state index contributed by atoms with van der Waals surface area (Å²) in [7, 11) is 1.58. The maximum Gasteiger partial charge on any atom is 0.291 e. The number of amides is 2. The molecule has 0 saturated heterocycles. The zero-order valence-electron chi connectivity index (χ0n) is 18.6. The Morgan fingerprint density at radius 2 is 1.62 bits per heavy atom. The summed E-state index contributed by atoms with van der Waals surface area (Å²) >= 11 is 0. The minimum Gasteiger partial charge on any atom is -0.493 e. The third kappa shape index (κ3) is 5.83. The lowest BCUT2D eigenvalue weighted by Crippen LogP contribution is -2.22. The highest BCUT2D eigenvalue weighted by Gasteiger charge is 2.11. The smallest absolute Gasteiger partial charge is 0.291 e. The van der Waals surface area contributed by atoms with Crippen molar-refractivity contribution in [1.29, 1.82) is 0 Å². The van der Waals surface area contributed by atoms with Crippen LogP contribution in [0.2, 0.25) is 0 Å². The number of rotatable bonds is 9. The van der Waals surface area contributed by atoms with Gasteiger partial charge in [0.2, 0.25) is 0 Å². The molecule has 0 fully saturated rings. The van der Waals surface area contributed by atoms with Crippen molar-refractivity contribution in [1.82, 2.24) is 5.32 Å². The van der Waals surface area contributed by atoms with E-state index in [9.17, 15) is 9.59 Å². The van der Waals surface area contributed by atoms with E-state index in [1.165, 1.54) is 6.26 Å². The molecule has 0 atom stereocenters. The van der Waals surface area contributed by atoms with Crippen molar-refractivity contribution in [3.63, 3.8) is 0 Å². The van der Waals surface area contributed by atoms with Gasteiger partial charge in [0, 0.05) is 17.8 Å². The van der Waals surface area contributed by atoms with E-state index in [0.717, 1.165) is 11.1 Å². The standard InChI is InChI=1S/C27H24N2O5/c1-32-25-16-20(9-14-23(25)34-18-19-6-3-2-4-7-19)17-28-26(30)21-10-12-22(13-11-21)29-27(31)24-8-5-15-33-24/h2-16H,17-18H2,1H3,(H,28,30)(H,29,31). The monoisotopic (exact) mass is 456 g/mol. The van der Waals surface area contributed by atoms with E-state index in [1.807, 2.05) is 48.5 Å². The number of hydrogen-bond donors (Lipinski definition) is 2. The van der Waals surface area contributed by atoms with E-state index < -0.39 is 0 Å². The number of methoxy groups -OCH3 is 1. The van der Waals surface area contributed by atoms with E-state index >= 15 is 0 Å². The number of ether oxygens (including phenoxy) is 2. The molecule has 0 spiro atoms. The van der Waals surface area contributed by atoms with Crippen LogP contribution in [0.15, 0.2) is 95.6 Å². The molecular formula is C27H24N2O5. The molecule has 3 aromatic carbocycles. The number of carbonyl (C=O) groups excluding carboxylic acids is 2. The zero-order valence-corrected chi connectivity index (χ0v) is 18.6. The van der Waals surface area contributed by atoms with Crippen LogP contribution in [-0.2, 0) is 13.2 Å². The molecule has 172 valence electrons. The van der Waals surface area contributed by atoms with Gasteiger partial charge in [0.05, 0.1) is 13.4 Å². The van der Waals surface area contributed by atoms with E-state index in [4.69, 9.17) is 13.9 Å². The molecule has 7 nitrogen and oxygen atoms in total. The topological polar surface area (TPSA) is 89.8 Å². The van der Waals surface area contributed by atoms with Crippen molar-refractivity contribution in [3.8, 4) is 11.5 Å². The van der Waals surface area contributed by atoms with Gasteiger partial charge in [-0.15, -0.1) is 0 Å². The van der Waals surface area contributed by atoms with Crippen molar-refractivity contribution in [2.24, 2.45) is 0 Å². The Hall–Kier alpha value is -4.52. The highest BCUT2D eigenvalue weighted by molar-refractivity contribution is 6.02. The largest absolute Gasteiger partial charge is 0.493 e. The SMILES string of the molecule is COc1cc(CNC(=O)c2ccc(NC(=O)c3ccco3)cc2)ccc1OCc1ccccc1. The molecule has 4 rings (SSSR count). The van der Waals surface area contributed by atoms with Gasteiger partial charge < -0.3 is 24.5 Å². The lowest BCUT2D eigenvalue weighted by Gasteiger charge is -2.13. The molecule has 0 saturated carbocycles. The molecule has 0 radical (unpaired) electrons. The summed E-state index contributed by atoms with van der Waals surface area (Å²) in [5, 5.41) is 5.61. The number of anilines is 1. The second-order valence-electron chi connectivity index (χ2n) is 7.45. The minimum atomic E-state index is -0.354. The number of nitrogens with one attached hydrogen (secondary N) is 2. The van der Waals surface area contributed by atoms with Crippen molar-refractivity contribution in [2.45, 2.75) is 13.2 Å². The van der Waals surface area contributed by atoms with E-state index in [2.05, 4.69) is 10.6 Å². The molecule has 4 aromatic rings. The maximum absolute atomic E-state index is 12.5. The zero-order chi connectivity index (χ0) is 23.8. The molecule has 0 aliphatic heterocycles. The average molecular weight is 456 g/mol. The number of hydrogen-bond acceptors (Lipinski definition) is 5. The molecule has 1 aromatic heterocycles. The van der Waals surface area contributed by atoms with E-state index in [1.54, 1.807) is 43.5 Å². The van der Waals surface area contributed by atoms with Crippen molar-refractivity contribution < 1.29 is 23.5 Å². The fraction of sp³-hybridized carbons (Fsp3) is 0.111. The summed E-state index contributed by atoms with van der Waals surface area (Å²) in [5.41, 5.74) is 2.98. The Morgan fingerprint density at radius 3 is 2.32 bits per heavy atom. The van der Waals surface area contributed by atoms with Gasteiger partial charge in [-0.25, -0.2) is 0 Å². The second-order valence-corrected chi connectivity index (χ2v) is 7.45. The van der Waals surface area contributed by atoms with Gasteiger partial charge in [-0.3, -0.25) is 9.59 Å². The number of carbonyl (C=O) groups is 2. The molecule has 0 aliphatic carbocycles. The molecule has 0 unspecified atom stereocenters. The van der Waals surface area contributed by atoms with Gasteiger partial charge in [-0.2, -0.15) is 0 Å². The predicted octanol–water partition coefficient (Wildman–Crippen LogP) is 5.05. The van der Waals surface area contributed by atoms with Gasteiger partial charge >= 0.3 is 0 Å². The van der Waals surface area contributed by atoms with Crippen LogP contribution in [0, 0.1) is 0 Å². The van der Waals surface area contributed by atoms with Crippen LogP contribution in [0.5, 0.6) is 11.5 Å². The van der Waals surface area contributed by atoms with E-state index in [-0.39, 0.29) is 17.6 Å². The van der Waals surface area contributed by atoms with Gasteiger partial charge in [0.15, 0.2) is 17.3 Å². The number of benzene rings is 3. The highest BCUT2D eigenvalue weighted by Crippen LogP contribution is 2.29. The Balaban J connectivity index is 1.31. The van der Waals surface area contributed by atoms with Crippen LogP contribution in [0.4, 0.5) is 5.69 Å². The quantitative estimate of drug-likeness (QED) is 0.368. The molecule has 0 bridgehead atoms. The first-order valence-electron chi connectivity index (χ1n) is 10.7. The fourth-order valence-corrected chi connectivity index (χ4v) is 3.27. The molecular weight excluding hydrogens is 432 g/mol. The fourth-order valence-electron chi connectivity index (χ4n) is 3.27. The normalized spacial score (nSPS) is 10.4. The van der Waals surface area contributed by atoms with Gasteiger partial charge in [-0.1, -0.05) is 36.4 Å². The summed E-state index contributed by atoms with van der Waals surface area (Å²) in [4.78, 5) is 24.6. The lowest BCUT2D eigenvalue weighted by atomic mass is 10.1. The van der Waals surface area contributed by atoms with Crippen LogP contribution in [0.1, 0.15) is 32.0 Å². The molecule has 0 aliphatic rings. The Bertz CT molecular complexity index is 1240. The molecule has 1 heterocycles. The summed E-state index contributed by atoms with van der Waals surface area (Å²) in [6.07, 6.45) is 1.43. The Kier molecular flexibility index (Phi) is 7.25. The van der Waals surface area contributed by atoms with Gasteiger partial charge in [-0.05, 0) is 59.7 Å². The van der Waals surface area contributed by atoms with E-state index in [0.29, 0.717) is 35.9 Å². The van der Waals surface area contributed by atoms with Crippen LogP contribution in [0.25, 0.3) is 0 Å². The first-order chi connectivity index (χ1) is 16.6. The van der Waals surface area contributed by atoms with Gasteiger partial charge in [0.1, 0.15) is 6.61 Å². The molecule has 7 heteroatoms. The van der Waals surface area contributed by atoms with Crippen molar-refractivity contribution in [2.75, 3.05) is 12.4 Å². The first-order valence-corrected chi connectivity index (χ1v) is 10.7. The molecule has 2 N–H and O–H groups in total. The van der Waals surface area contributed by atoms with Crippen LogP contribution in [-0.4, -0.2) is 18.9 Å². The van der Waals surface area contributed by atoms with Crippen molar-refractivity contribution >= 4 is 17.5 Å². The molecule has 2 amide bonds. The van der Waals surface area contributed by atoms with Crippen LogP contribution in [0.3, 0.4) is 0 Å². The van der Waals surface area contributed by atoms with Gasteiger partial charge in [0.25, 0.3) is 11.8 Å². The average Bonchev–Trinajstić information content (AvgIpc) is 3.43. The van der Waals surface area contributed by atoms with Crippen molar-refractivity contribution in [3.05, 3.63) is 114 Å². The third-order valence-corrected chi connectivity index (χ3v) is 5.07. The summed E-state index contributed by atoms with van der Waals surface area (Å²) in [6.45, 7) is 0.760. The summed E-state index contributed by atoms with van der Waals surface area (Å²) < 4.78 is 16.4. The predicted molar refractivity (Wildman–Crippen MR) is 128 cm³/mol. The van der Waals surface area contributed by atoms with Crippen LogP contribution < -0.4 is 20.1 Å².